The second kappa shape index (κ2) is 29.8. The summed E-state index contributed by atoms with van der Waals surface area (Å²) in [5.41, 5.74) is 25.4. The van der Waals surface area contributed by atoms with E-state index in [4.69, 9.17) is 0 Å². The Bertz CT molecular complexity index is 3270. The van der Waals surface area contributed by atoms with Gasteiger partial charge < -0.3 is 24.5 Å². The Morgan fingerprint density at radius 1 is 0.175 bits per heavy atom. The largest absolute Gasteiger partial charge is 0.345 e. The van der Waals surface area contributed by atoms with Crippen molar-refractivity contribution in [3.05, 3.63) is 298 Å². The lowest BCUT2D eigenvalue weighted by atomic mass is 10.1. The summed E-state index contributed by atoms with van der Waals surface area (Å²) in [6.07, 6.45) is 0. The van der Waals surface area contributed by atoms with Crippen molar-refractivity contribution >= 4 is 56.9 Å². The number of para-hydroxylation sites is 3. The average Bonchev–Trinajstić information content (AvgIpc) is 3.47. The molecule has 0 unspecified atom stereocenters. The molecule has 410 valence electrons. The molecule has 10 rings (SSSR count). The zero-order chi connectivity index (χ0) is 57.7. The van der Waals surface area contributed by atoms with Gasteiger partial charge in [-0.3, -0.25) is 0 Å². The van der Waals surface area contributed by atoms with Crippen LogP contribution in [0.1, 0.15) is 55.6 Å². The molecule has 0 aliphatic rings. The molecule has 0 aromatic heterocycles. The van der Waals surface area contributed by atoms with Gasteiger partial charge in [0.2, 0.25) is 0 Å². The molecule has 80 heavy (non-hydrogen) atoms. The van der Waals surface area contributed by atoms with Crippen LogP contribution in [0.2, 0.25) is 0 Å². The number of aryl methyl sites for hydroxylation is 10. The van der Waals surface area contributed by atoms with Gasteiger partial charge in [-0.25, -0.2) is 0 Å². The standard InChI is InChI=1S/C17H21N.C16H19N.C15H17N.C14H15N.C13H13N/c1-12-6-8-16(14(3)10-12)18(5)17-9-7-13(2)11-15(17)4;1-12-5-8-15(9-6-12)17(4)16-10-7-13(2)11-14(16)3;1-12-4-8-14(9-5-12)16(3)15-10-6-13(2)7-11-15;1-12-8-10-14(11-9-12)15(2)13-6-4-3-5-7-13;1-14(12-8-4-2-5-9-12)13-10-6-3-7-11-13/h6-11H,1-5H3;5-11H,1-4H3;4-11H,1-3H3;3-11H,1-2H3;2-11H,1H3. The fourth-order valence-electron chi connectivity index (χ4n) is 9.29. The summed E-state index contributed by atoms with van der Waals surface area (Å²) in [4.78, 5) is 11.0. The third kappa shape index (κ3) is 17.9. The van der Waals surface area contributed by atoms with E-state index in [0.29, 0.717) is 0 Å². The summed E-state index contributed by atoms with van der Waals surface area (Å²) < 4.78 is 0. The first-order chi connectivity index (χ1) is 38.4. The first-order valence-electron chi connectivity index (χ1n) is 27.7. The fourth-order valence-corrected chi connectivity index (χ4v) is 9.29. The topological polar surface area (TPSA) is 16.2 Å². The normalized spacial score (nSPS) is 10.2. The van der Waals surface area contributed by atoms with E-state index in [-0.39, 0.29) is 0 Å². The molecule has 0 aliphatic carbocycles. The average molecular weight is 1060 g/mol. The minimum atomic E-state index is 1.21. The molecular formula is C75H85N5. The number of benzene rings is 10. The van der Waals surface area contributed by atoms with Crippen LogP contribution in [-0.2, 0) is 0 Å². The second-order valence-corrected chi connectivity index (χ2v) is 21.0. The van der Waals surface area contributed by atoms with Gasteiger partial charge in [0.05, 0.1) is 0 Å². The highest BCUT2D eigenvalue weighted by Gasteiger charge is 2.11. The second-order valence-electron chi connectivity index (χ2n) is 21.0. The lowest BCUT2D eigenvalue weighted by Gasteiger charge is -2.24. The smallest absolute Gasteiger partial charge is 0.0438 e. The maximum atomic E-state index is 2.27. The zero-order valence-electron chi connectivity index (χ0n) is 50.3. The number of anilines is 10. The van der Waals surface area contributed by atoms with Gasteiger partial charge in [-0.15, -0.1) is 0 Å². The molecule has 0 saturated heterocycles. The maximum absolute atomic E-state index is 2.27. The van der Waals surface area contributed by atoms with Gasteiger partial charge in [0.15, 0.2) is 0 Å². The summed E-state index contributed by atoms with van der Waals surface area (Å²) in [5.74, 6) is 0. The summed E-state index contributed by atoms with van der Waals surface area (Å²) in [6.45, 7) is 21.3. The van der Waals surface area contributed by atoms with Crippen LogP contribution >= 0.6 is 0 Å². The van der Waals surface area contributed by atoms with Crippen molar-refractivity contribution in [2.45, 2.75) is 69.2 Å². The highest BCUT2D eigenvalue weighted by Crippen LogP contribution is 2.32. The number of hydrogen-bond acceptors (Lipinski definition) is 5. The van der Waals surface area contributed by atoms with E-state index >= 15 is 0 Å². The van der Waals surface area contributed by atoms with E-state index in [1.165, 1.54) is 113 Å². The fraction of sp³-hybridized carbons (Fsp3) is 0.200. The minimum Gasteiger partial charge on any atom is -0.345 e. The molecule has 5 nitrogen and oxygen atoms in total. The van der Waals surface area contributed by atoms with Gasteiger partial charge >= 0.3 is 0 Å². The molecular weight excluding hydrogens is 971 g/mol. The van der Waals surface area contributed by atoms with E-state index < -0.39 is 0 Å². The van der Waals surface area contributed by atoms with Crippen LogP contribution in [-0.4, -0.2) is 35.2 Å². The van der Waals surface area contributed by atoms with Crippen molar-refractivity contribution in [1.82, 2.24) is 0 Å². The Hall–Kier alpha value is -8.80. The predicted octanol–water partition coefficient (Wildman–Crippen LogP) is 20.4. The number of rotatable bonds is 10. The molecule has 0 aliphatic heterocycles. The van der Waals surface area contributed by atoms with Crippen LogP contribution < -0.4 is 24.5 Å². The Kier molecular flexibility index (Phi) is 22.5. The van der Waals surface area contributed by atoms with E-state index in [2.05, 4.69) is 353 Å². The molecule has 0 spiro atoms. The molecule has 5 heteroatoms. The van der Waals surface area contributed by atoms with E-state index in [9.17, 15) is 0 Å². The number of hydrogen-bond donors (Lipinski definition) is 0. The third-order valence-electron chi connectivity index (χ3n) is 14.3. The molecule has 0 radical (unpaired) electrons. The van der Waals surface area contributed by atoms with E-state index in [0.717, 1.165) is 0 Å². The van der Waals surface area contributed by atoms with Gasteiger partial charge in [-0.1, -0.05) is 178 Å². The molecule has 0 fully saturated rings. The van der Waals surface area contributed by atoms with E-state index in [1.807, 2.05) is 18.2 Å². The van der Waals surface area contributed by atoms with Crippen LogP contribution in [0, 0.1) is 69.2 Å². The maximum Gasteiger partial charge on any atom is 0.0438 e. The first-order valence-corrected chi connectivity index (χ1v) is 27.7. The summed E-state index contributed by atoms with van der Waals surface area (Å²) in [6, 6.07) is 85.1. The van der Waals surface area contributed by atoms with Crippen molar-refractivity contribution in [1.29, 1.82) is 0 Å². The van der Waals surface area contributed by atoms with Gasteiger partial charge in [-0.05, 0) is 189 Å². The van der Waals surface area contributed by atoms with Gasteiger partial charge in [-0.2, -0.15) is 0 Å². The molecule has 10 aromatic rings. The van der Waals surface area contributed by atoms with Crippen LogP contribution in [0.3, 0.4) is 0 Å². The molecule has 0 bridgehead atoms. The van der Waals surface area contributed by atoms with Crippen molar-refractivity contribution in [3.63, 3.8) is 0 Å². The Morgan fingerprint density at radius 2 is 0.362 bits per heavy atom. The van der Waals surface area contributed by atoms with Crippen molar-refractivity contribution in [2.75, 3.05) is 59.7 Å². The van der Waals surface area contributed by atoms with Gasteiger partial charge in [0.1, 0.15) is 0 Å². The van der Waals surface area contributed by atoms with Crippen LogP contribution in [0.15, 0.2) is 243 Å². The summed E-state index contributed by atoms with van der Waals surface area (Å²) >= 11 is 0. The Morgan fingerprint density at radius 3 is 0.588 bits per heavy atom. The first kappa shape index (κ1) is 60.4. The Balaban J connectivity index is 0.000000162. The van der Waals surface area contributed by atoms with Gasteiger partial charge in [0, 0.05) is 92.1 Å². The lowest BCUT2D eigenvalue weighted by Crippen LogP contribution is -2.12. The minimum absolute atomic E-state index is 1.21. The molecule has 0 N–H and O–H groups in total. The SMILES string of the molecule is CN(c1ccccc1)c1ccccc1.Cc1ccc(N(C)c2ccc(C)cc2)cc1.Cc1ccc(N(C)c2ccc(C)cc2C)c(C)c1.Cc1ccc(N(C)c2ccc(C)cc2C)cc1.Cc1ccc(N(C)c2ccccc2)cc1. The highest BCUT2D eigenvalue weighted by molar-refractivity contribution is 5.70. The molecule has 0 saturated carbocycles. The van der Waals surface area contributed by atoms with Crippen molar-refractivity contribution in [3.8, 4) is 0 Å². The lowest BCUT2D eigenvalue weighted by molar-refractivity contribution is 1.15. The molecule has 0 heterocycles. The molecule has 10 aromatic carbocycles. The summed E-state index contributed by atoms with van der Waals surface area (Å²) in [5, 5.41) is 0. The van der Waals surface area contributed by atoms with Crippen molar-refractivity contribution in [2.24, 2.45) is 0 Å². The van der Waals surface area contributed by atoms with E-state index in [1.54, 1.807) is 0 Å². The van der Waals surface area contributed by atoms with Crippen LogP contribution in [0.4, 0.5) is 56.9 Å². The quantitative estimate of drug-likeness (QED) is 0.135. The van der Waals surface area contributed by atoms with Gasteiger partial charge in [0.25, 0.3) is 0 Å². The zero-order valence-corrected chi connectivity index (χ0v) is 50.3. The molecule has 0 atom stereocenters. The third-order valence-corrected chi connectivity index (χ3v) is 14.3. The monoisotopic (exact) mass is 1060 g/mol. The molecule has 0 amide bonds. The summed E-state index contributed by atoms with van der Waals surface area (Å²) in [7, 11) is 10.5. The Labute approximate surface area is 481 Å². The van der Waals surface area contributed by atoms with Crippen molar-refractivity contribution < 1.29 is 0 Å². The van der Waals surface area contributed by atoms with Crippen LogP contribution in [0.25, 0.3) is 0 Å². The van der Waals surface area contributed by atoms with Crippen LogP contribution in [0.5, 0.6) is 0 Å². The number of nitrogens with zero attached hydrogens (tertiary/aromatic N) is 5. The predicted molar refractivity (Wildman–Crippen MR) is 352 cm³/mol. The highest BCUT2D eigenvalue weighted by atomic mass is 15.1.